The van der Waals surface area contributed by atoms with Crippen LogP contribution in [0.1, 0.15) is 5.56 Å². The Hall–Kier alpha value is -1.81. The lowest BCUT2D eigenvalue weighted by Crippen LogP contribution is -2.01. The molecule has 1 radical (unpaired) electrons. The van der Waals surface area contributed by atoms with E-state index in [-0.39, 0.29) is 0 Å². The lowest BCUT2D eigenvalue weighted by molar-refractivity contribution is 1.03. The number of rotatable bonds is 2. The highest BCUT2D eigenvalue weighted by atomic mass is 15.0. The maximum atomic E-state index is 5.86. The number of hydrogen-bond donors (Lipinski definition) is 2. The second-order valence-corrected chi connectivity index (χ2v) is 2.99. The summed E-state index contributed by atoms with van der Waals surface area (Å²) in [6, 6.07) is 5.72. The summed E-state index contributed by atoms with van der Waals surface area (Å²) in [5.41, 5.74) is 13.9. The molecule has 1 heterocycles. The first-order valence-electron chi connectivity index (χ1n) is 4.31. The van der Waals surface area contributed by atoms with E-state index in [1.54, 1.807) is 17.0 Å². The molecule has 1 aromatic heterocycles. The van der Waals surface area contributed by atoms with E-state index in [1.165, 1.54) is 0 Å². The Morgan fingerprint density at radius 3 is 2.86 bits per heavy atom. The first-order chi connectivity index (χ1) is 6.81. The highest BCUT2D eigenvalue weighted by Gasteiger charge is 2.01. The van der Waals surface area contributed by atoms with Gasteiger partial charge in [0.25, 0.3) is 0 Å². The number of nitrogen functional groups attached to an aromatic ring is 1. The monoisotopic (exact) mass is 187 g/mol. The van der Waals surface area contributed by atoms with Gasteiger partial charge in [0, 0.05) is 18.9 Å². The van der Waals surface area contributed by atoms with Gasteiger partial charge in [0.15, 0.2) is 6.33 Å². The van der Waals surface area contributed by atoms with E-state index in [1.807, 2.05) is 18.2 Å². The van der Waals surface area contributed by atoms with Crippen molar-refractivity contribution in [1.82, 2.24) is 9.55 Å². The van der Waals surface area contributed by atoms with Gasteiger partial charge in [-0.25, -0.2) is 4.98 Å². The first kappa shape index (κ1) is 8.77. The third-order valence-corrected chi connectivity index (χ3v) is 2.04. The highest BCUT2D eigenvalue weighted by molar-refractivity contribution is 5.59. The molecule has 0 amide bonds. The molecule has 4 nitrogen and oxygen atoms in total. The van der Waals surface area contributed by atoms with Crippen LogP contribution in [0.3, 0.4) is 0 Å². The van der Waals surface area contributed by atoms with Crippen molar-refractivity contribution in [2.75, 3.05) is 5.73 Å². The van der Waals surface area contributed by atoms with Crippen LogP contribution in [0.5, 0.6) is 0 Å². The first-order valence-corrected chi connectivity index (χ1v) is 4.31. The average molecular weight is 187 g/mol. The lowest BCUT2D eigenvalue weighted by atomic mass is 10.2. The molecule has 0 atom stereocenters. The molecule has 0 spiro atoms. The second-order valence-electron chi connectivity index (χ2n) is 2.99. The summed E-state index contributed by atoms with van der Waals surface area (Å²) in [5.74, 6) is 0. The van der Waals surface area contributed by atoms with Crippen LogP contribution in [0.25, 0.3) is 5.69 Å². The van der Waals surface area contributed by atoms with E-state index >= 15 is 0 Å². The minimum Gasteiger partial charge on any atom is -0.397 e. The molecular weight excluding hydrogens is 176 g/mol. The molecule has 71 valence electrons. The zero-order valence-electron chi connectivity index (χ0n) is 7.64. The zero-order valence-corrected chi connectivity index (χ0v) is 7.64. The van der Waals surface area contributed by atoms with Crippen LogP contribution in [0, 0.1) is 6.33 Å². The molecule has 0 unspecified atom stereocenters. The summed E-state index contributed by atoms with van der Waals surface area (Å²) in [5, 5.41) is 0. The molecule has 0 fully saturated rings. The van der Waals surface area contributed by atoms with Gasteiger partial charge >= 0.3 is 0 Å². The van der Waals surface area contributed by atoms with E-state index < -0.39 is 0 Å². The molecular formula is C10H11N4. The normalized spacial score (nSPS) is 10.4. The predicted molar refractivity (Wildman–Crippen MR) is 54.7 cm³/mol. The molecule has 4 heteroatoms. The van der Waals surface area contributed by atoms with Crippen LogP contribution in [0.4, 0.5) is 5.69 Å². The Morgan fingerprint density at radius 2 is 2.29 bits per heavy atom. The summed E-state index contributed by atoms with van der Waals surface area (Å²) in [4.78, 5) is 3.84. The van der Waals surface area contributed by atoms with Crippen molar-refractivity contribution in [3.8, 4) is 5.69 Å². The van der Waals surface area contributed by atoms with Crippen LogP contribution >= 0.6 is 0 Å². The van der Waals surface area contributed by atoms with Crippen molar-refractivity contribution in [2.45, 2.75) is 6.54 Å². The van der Waals surface area contributed by atoms with Gasteiger partial charge in [0.05, 0.1) is 11.4 Å². The van der Waals surface area contributed by atoms with Gasteiger partial charge in [-0.15, -0.1) is 0 Å². The van der Waals surface area contributed by atoms with Gasteiger partial charge in [0.2, 0.25) is 0 Å². The largest absolute Gasteiger partial charge is 0.397 e. The fraction of sp³-hybridized carbons (Fsp3) is 0.100. The number of aromatic nitrogens is 2. The van der Waals surface area contributed by atoms with Crippen molar-refractivity contribution < 1.29 is 0 Å². The Bertz CT molecular complexity index is 420. The third kappa shape index (κ3) is 1.47. The van der Waals surface area contributed by atoms with Crippen molar-refractivity contribution in [1.29, 1.82) is 0 Å². The molecule has 1 aromatic carbocycles. The summed E-state index contributed by atoms with van der Waals surface area (Å²) < 4.78 is 1.75. The van der Waals surface area contributed by atoms with Crippen LogP contribution in [-0.4, -0.2) is 9.55 Å². The molecule has 0 aliphatic rings. The van der Waals surface area contributed by atoms with Crippen LogP contribution < -0.4 is 11.5 Å². The Balaban J connectivity index is 2.46. The van der Waals surface area contributed by atoms with Gasteiger partial charge in [-0.1, -0.05) is 6.07 Å². The number of benzene rings is 1. The predicted octanol–water partition coefficient (Wildman–Crippen LogP) is 0.713. The van der Waals surface area contributed by atoms with Crippen LogP contribution in [-0.2, 0) is 6.54 Å². The highest BCUT2D eigenvalue weighted by Crippen LogP contribution is 2.17. The van der Waals surface area contributed by atoms with E-state index in [0.717, 1.165) is 11.3 Å². The summed E-state index contributed by atoms with van der Waals surface area (Å²) in [6.45, 7) is 0.498. The average Bonchev–Trinajstić information content (AvgIpc) is 2.70. The standard InChI is InChI=1S/C10H11N4/c11-6-8-1-2-10(9(12)5-8)14-4-3-13-7-14/h1-5H,6,11-12H2. The van der Waals surface area contributed by atoms with Crippen molar-refractivity contribution in [2.24, 2.45) is 5.73 Å². The minimum atomic E-state index is 0.498. The molecule has 14 heavy (non-hydrogen) atoms. The van der Waals surface area contributed by atoms with Crippen molar-refractivity contribution >= 4 is 5.69 Å². The van der Waals surface area contributed by atoms with Crippen molar-refractivity contribution in [3.63, 3.8) is 0 Å². The molecule has 0 saturated carbocycles. The van der Waals surface area contributed by atoms with Gasteiger partial charge in [-0.2, -0.15) is 0 Å². The molecule has 0 aliphatic heterocycles. The number of nitrogens with two attached hydrogens (primary N) is 2. The quantitative estimate of drug-likeness (QED) is 0.680. The van der Waals surface area contributed by atoms with E-state index in [0.29, 0.717) is 12.2 Å². The second kappa shape index (κ2) is 3.51. The number of hydrogen-bond acceptors (Lipinski definition) is 3. The lowest BCUT2D eigenvalue weighted by Gasteiger charge is -2.07. The van der Waals surface area contributed by atoms with Gasteiger partial charge in [0.1, 0.15) is 0 Å². The van der Waals surface area contributed by atoms with E-state index in [4.69, 9.17) is 11.5 Å². The van der Waals surface area contributed by atoms with Gasteiger partial charge in [-0.3, -0.25) is 4.57 Å². The fourth-order valence-corrected chi connectivity index (χ4v) is 1.31. The summed E-state index contributed by atoms with van der Waals surface area (Å²) >= 11 is 0. The van der Waals surface area contributed by atoms with Crippen molar-refractivity contribution in [3.05, 3.63) is 42.5 Å². The minimum absolute atomic E-state index is 0.498. The number of imidazole rings is 1. The number of anilines is 1. The molecule has 0 bridgehead atoms. The SMILES string of the molecule is NCc1ccc(-n2[c]ncc2)c(N)c1. The van der Waals surface area contributed by atoms with E-state index in [2.05, 4.69) is 11.3 Å². The maximum absolute atomic E-state index is 5.86. The summed E-state index contributed by atoms with van der Waals surface area (Å²) in [6.07, 6.45) is 6.25. The molecule has 0 saturated heterocycles. The molecule has 2 aromatic rings. The van der Waals surface area contributed by atoms with Crippen LogP contribution in [0.15, 0.2) is 30.6 Å². The van der Waals surface area contributed by atoms with Gasteiger partial charge < -0.3 is 11.5 Å². The zero-order chi connectivity index (χ0) is 9.97. The molecule has 2 rings (SSSR count). The van der Waals surface area contributed by atoms with E-state index in [9.17, 15) is 0 Å². The molecule has 0 aliphatic carbocycles. The topological polar surface area (TPSA) is 69.9 Å². The van der Waals surface area contributed by atoms with Crippen LogP contribution in [0.2, 0.25) is 0 Å². The maximum Gasteiger partial charge on any atom is 0.181 e. The molecule has 4 N–H and O–H groups in total. The third-order valence-electron chi connectivity index (χ3n) is 2.04. The smallest absolute Gasteiger partial charge is 0.181 e. The number of nitrogens with zero attached hydrogens (tertiary/aromatic N) is 2. The fourth-order valence-electron chi connectivity index (χ4n) is 1.31. The Kier molecular flexibility index (Phi) is 2.20. The van der Waals surface area contributed by atoms with Gasteiger partial charge in [-0.05, 0) is 17.7 Å². The Labute approximate surface area is 82.2 Å². The Morgan fingerprint density at radius 1 is 1.43 bits per heavy atom. The summed E-state index contributed by atoms with van der Waals surface area (Å²) in [7, 11) is 0.